The number of carboxylic acids is 1. The summed E-state index contributed by atoms with van der Waals surface area (Å²) < 4.78 is 72.6. The van der Waals surface area contributed by atoms with E-state index in [-0.39, 0.29) is 0 Å². The predicted molar refractivity (Wildman–Crippen MR) is 199 cm³/mol. The molecule has 2 aliphatic rings. The van der Waals surface area contributed by atoms with Gasteiger partial charge in [0.1, 0.15) is 0 Å². The van der Waals surface area contributed by atoms with Gasteiger partial charge >= 0.3 is 18.3 Å². The summed E-state index contributed by atoms with van der Waals surface area (Å²) in [6, 6.07) is 14.2. The number of Topliss-reactive ketones (excluding diaryl/α,β-unsaturated/α-hetero) is 1. The highest BCUT2D eigenvalue weighted by Crippen LogP contribution is 2.38. The van der Waals surface area contributed by atoms with E-state index in [1.54, 1.807) is 48.9 Å². The van der Waals surface area contributed by atoms with E-state index in [2.05, 4.69) is 26.2 Å². The molecule has 57 heavy (non-hydrogen) atoms. The first-order chi connectivity index (χ1) is 26.3. The maximum Gasteiger partial charge on any atom is 0.400 e. The van der Waals surface area contributed by atoms with Crippen molar-refractivity contribution in [2.75, 3.05) is 6.54 Å². The molecule has 308 valence electrons. The maximum atomic E-state index is 12.4. The average Bonchev–Trinajstić information content (AvgIpc) is 3.89. The summed E-state index contributed by atoms with van der Waals surface area (Å²) in [5.41, 5.74) is 11.8. The van der Waals surface area contributed by atoms with Crippen LogP contribution in [0.5, 0.6) is 0 Å². The number of hydrogen-bond acceptors (Lipinski definition) is 9. The molecule has 0 saturated heterocycles. The highest BCUT2D eigenvalue weighted by Gasteiger charge is 2.41. The molecule has 0 radical (unpaired) electrons. The number of nitrogens with two attached hydrogens (primary N) is 1. The van der Waals surface area contributed by atoms with Crippen molar-refractivity contribution in [3.05, 3.63) is 105 Å². The van der Waals surface area contributed by atoms with E-state index in [0.29, 0.717) is 35.1 Å². The number of nitrogens with zero attached hydrogens (tertiary/aromatic N) is 6. The van der Waals surface area contributed by atoms with Gasteiger partial charge in [0.25, 0.3) is 0 Å². The topological polar surface area (TPSA) is 159 Å². The molecule has 0 amide bonds. The largest absolute Gasteiger partial charge is 0.478 e. The van der Waals surface area contributed by atoms with Crippen molar-refractivity contribution in [3.63, 3.8) is 0 Å². The second kappa shape index (κ2) is 16.9. The van der Waals surface area contributed by atoms with E-state index in [9.17, 15) is 35.9 Å². The Balaban J connectivity index is 0.000000224. The SMILES string of the molecule is Cc1cc(C2(C)CC(c3ccc(C(=O)CCC(F)(F)F)c(C)c3)=NO2)n(C)n1.Cc1cc(C2(C)CC(c3ccc(C(=O)O)c(C)c3)=NO2)n(C)n1.NCC(F)(F)F. The summed E-state index contributed by atoms with van der Waals surface area (Å²) in [6.45, 7) is 10.0. The van der Waals surface area contributed by atoms with Gasteiger partial charge in [-0.25, -0.2) is 4.79 Å². The van der Waals surface area contributed by atoms with Crippen LogP contribution in [0.2, 0.25) is 0 Å². The first kappa shape index (κ1) is 44.2. The van der Waals surface area contributed by atoms with Crippen molar-refractivity contribution in [2.24, 2.45) is 30.1 Å². The number of halogens is 6. The molecule has 2 atom stereocenters. The van der Waals surface area contributed by atoms with Crippen LogP contribution in [0, 0.1) is 27.7 Å². The van der Waals surface area contributed by atoms with Crippen LogP contribution in [0.25, 0.3) is 0 Å². The number of carboxylic acid groups (broad SMARTS) is 1. The summed E-state index contributed by atoms with van der Waals surface area (Å²) in [6.07, 6.45) is -9.06. The summed E-state index contributed by atoms with van der Waals surface area (Å²) in [4.78, 5) is 34.7. The van der Waals surface area contributed by atoms with Crippen molar-refractivity contribution >= 4 is 23.2 Å². The minimum atomic E-state index is -4.34. The number of ketones is 1. The normalized spacial score (nSPS) is 19.0. The van der Waals surface area contributed by atoms with Crippen LogP contribution in [-0.4, -0.2) is 66.7 Å². The van der Waals surface area contributed by atoms with Gasteiger partial charge in [0, 0.05) is 38.9 Å². The summed E-state index contributed by atoms with van der Waals surface area (Å²) in [5.74, 6) is -1.44. The first-order valence-corrected chi connectivity index (χ1v) is 17.7. The first-order valence-electron chi connectivity index (χ1n) is 17.7. The van der Waals surface area contributed by atoms with Gasteiger partial charge in [-0.3, -0.25) is 14.2 Å². The fourth-order valence-electron chi connectivity index (χ4n) is 6.50. The Kier molecular flexibility index (Phi) is 13.1. The van der Waals surface area contributed by atoms with E-state index in [0.717, 1.165) is 45.3 Å². The molecule has 4 aromatic rings. The van der Waals surface area contributed by atoms with Crippen molar-refractivity contribution in [1.29, 1.82) is 0 Å². The van der Waals surface area contributed by atoms with E-state index in [4.69, 9.17) is 14.8 Å². The third-order valence-corrected chi connectivity index (χ3v) is 9.33. The van der Waals surface area contributed by atoms with Gasteiger partial charge in [-0.2, -0.15) is 36.5 Å². The molecule has 2 aromatic heterocycles. The number of hydrogen-bond donors (Lipinski definition) is 2. The van der Waals surface area contributed by atoms with Gasteiger partial charge < -0.3 is 20.5 Å². The molecule has 0 spiro atoms. The average molecular weight is 806 g/mol. The molecule has 2 aromatic carbocycles. The van der Waals surface area contributed by atoms with Gasteiger partial charge in [-0.05, 0) is 94.1 Å². The number of rotatable bonds is 8. The molecular formula is C39H45F6N7O5. The second-order valence-electron chi connectivity index (χ2n) is 14.4. The van der Waals surface area contributed by atoms with Gasteiger partial charge in [-0.1, -0.05) is 28.5 Å². The number of benzene rings is 2. The van der Waals surface area contributed by atoms with Gasteiger partial charge in [0.2, 0.25) is 0 Å². The molecular weight excluding hydrogens is 760 g/mol. The molecule has 0 saturated carbocycles. The highest BCUT2D eigenvalue weighted by molar-refractivity contribution is 6.04. The quantitative estimate of drug-likeness (QED) is 0.134. The van der Waals surface area contributed by atoms with Crippen molar-refractivity contribution < 1.29 is 50.7 Å². The summed E-state index contributed by atoms with van der Waals surface area (Å²) in [7, 11) is 3.74. The Morgan fingerprint density at radius 3 is 1.46 bits per heavy atom. The predicted octanol–water partition coefficient (Wildman–Crippen LogP) is 7.88. The number of oxime groups is 2. The highest BCUT2D eigenvalue weighted by atomic mass is 19.4. The van der Waals surface area contributed by atoms with E-state index in [1.165, 1.54) is 0 Å². The molecule has 3 N–H and O–H groups in total. The van der Waals surface area contributed by atoms with Gasteiger partial charge in [0.05, 0.1) is 52.7 Å². The van der Waals surface area contributed by atoms with Crippen molar-refractivity contribution in [1.82, 2.24) is 19.6 Å². The van der Waals surface area contributed by atoms with Crippen LogP contribution in [0.3, 0.4) is 0 Å². The van der Waals surface area contributed by atoms with Gasteiger partial charge in [-0.15, -0.1) is 0 Å². The Morgan fingerprint density at radius 1 is 0.737 bits per heavy atom. The fourth-order valence-corrected chi connectivity index (χ4v) is 6.50. The maximum absolute atomic E-state index is 12.4. The van der Waals surface area contributed by atoms with E-state index >= 15 is 0 Å². The minimum Gasteiger partial charge on any atom is -0.478 e. The van der Waals surface area contributed by atoms with Crippen LogP contribution in [-0.2, 0) is 35.0 Å². The third kappa shape index (κ3) is 11.1. The molecule has 18 heteroatoms. The lowest BCUT2D eigenvalue weighted by Gasteiger charge is -2.21. The molecule has 4 heterocycles. The number of aryl methyl sites for hydroxylation is 6. The monoisotopic (exact) mass is 805 g/mol. The molecule has 0 fully saturated rings. The molecule has 2 aliphatic heterocycles. The van der Waals surface area contributed by atoms with E-state index < -0.39 is 54.7 Å². The lowest BCUT2D eigenvalue weighted by Crippen LogP contribution is -2.25. The standard InChI is InChI=1S/C20H22F3N3O2.C17H19N3O3.C2H4F3N/c1-12-9-14(5-6-15(12)17(27)7-8-20(21,22)23)16-11-19(3,28-25-16)18-10-13(2)24-26(18)4;1-10-7-12(5-6-13(10)16(21)22)14-9-17(3,23-19-14)15-8-11(2)18-20(15)4;3-2(4,5)1-6/h5-6,9-10H,7-8,11H2,1-4H3;5-8H,9H2,1-4H3,(H,21,22);1,6H2. The lowest BCUT2D eigenvalue weighted by molar-refractivity contribution is -0.133. The number of carbonyl (C=O) groups excluding carboxylic acids is 1. The smallest absolute Gasteiger partial charge is 0.400 e. The number of aromatic nitrogens is 4. The van der Waals surface area contributed by atoms with Crippen LogP contribution in [0.1, 0.15) is 105 Å². The zero-order valence-corrected chi connectivity index (χ0v) is 32.8. The molecule has 0 bridgehead atoms. The summed E-state index contributed by atoms with van der Waals surface area (Å²) >= 11 is 0. The summed E-state index contributed by atoms with van der Waals surface area (Å²) in [5, 5.41) is 26.3. The van der Waals surface area contributed by atoms with Crippen LogP contribution in [0.15, 0.2) is 58.8 Å². The van der Waals surface area contributed by atoms with Crippen LogP contribution in [0.4, 0.5) is 26.3 Å². The van der Waals surface area contributed by atoms with Crippen LogP contribution < -0.4 is 5.73 Å². The Morgan fingerprint density at radius 2 is 1.14 bits per heavy atom. The molecule has 12 nitrogen and oxygen atoms in total. The zero-order valence-electron chi connectivity index (χ0n) is 32.8. The molecule has 0 aliphatic carbocycles. The van der Waals surface area contributed by atoms with E-state index in [1.807, 2.05) is 64.7 Å². The minimum absolute atomic E-state index is 0.303. The lowest BCUT2D eigenvalue weighted by atomic mass is 9.91. The third-order valence-electron chi connectivity index (χ3n) is 9.33. The van der Waals surface area contributed by atoms with Gasteiger partial charge in [0.15, 0.2) is 17.0 Å². The second-order valence-corrected chi connectivity index (χ2v) is 14.4. The number of carbonyl (C=O) groups is 2. The van der Waals surface area contributed by atoms with Crippen LogP contribution >= 0.6 is 0 Å². The Labute approximate surface area is 325 Å². The molecule has 6 rings (SSSR count). The number of alkyl halides is 6. The fraction of sp³-hybridized carbons (Fsp3) is 0.436. The Bertz CT molecular complexity index is 2190. The van der Waals surface area contributed by atoms with Crippen molar-refractivity contribution in [2.45, 2.75) is 90.8 Å². The molecule has 2 unspecified atom stereocenters. The zero-order chi connectivity index (χ0) is 42.7. The Hall–Kier alpha value is -5.52. The van der Waals surface area contributed by atoms with Crippen molar-refractivity contribution in [3.8, 4) is 0 Å². The number of aromatic carboxylic acids is 1.